The summed E-state index contributed by atoms with van der Waals surface area (Å²) in [6.07, 6.45) is 1.63. The SMILES string of the molecule is CN=C(NCc1ccc(F)cc1)NCc1coc(-c2cccs2)n1. The van der Waals surface area contributed by atoms with Crippen molar-refractivity contribution < 1.29 is 8.81 Å². The Bertz CT molecular complexity index is 796. The summed E-state index contributed by atoms with van der Waals surface area (Å²) in [6.45, 7) is 1.05. The molecule has 0 aliphatic rings. The number of hydrogen-bond acceptors (Lipinski definition) is 4. The highest BCUT2D eigenvalue weighted by atomic mass is 32.1. The quantitative estimate of drug-likeness (QED) is 0.550. The summed E-state index contributed by atoms with van der Waals surface area (Å²) in [5, 5.41) is 8.33. The predicted molar refractivity (Wildman–Crippen MR) is 93.3 cm³/mol. The third kappa shape index (κ3) is 4.20. The lowest BCUT2D eigenvalue weighted by Crippen LogP contribution is -2.36. The van der Waals surface area contributed by atoms with Crippen LogP contribution in [0.1, 0.15) is 11.3 Å². The van der Waals surface area contributed by atoms with Crippen LogP contribution >= 0.6 is 11.3 Å². The molecule has 0 aliphatic carbocycles. The molecule has 2 N–H and O–H groups in total. The van der Waals surface area contributed by atoms with Gasteiger partial charge in [0.1, 0.15) is 12.1 Å². The van der Waals surface area contributed by atoms with Crippen molar-refractivity contribution in [3.8, 4) is 10.8 Å². The van der Waals surface area contributed by atoms with Gasteiger partial charge in [-0.05, 0) is 29.1 Å². The smallest absolute Gasteiger partial charge is 0.236 e. The van der Waals surface area contributed by atoms with Crippen LogP contribution in [0.4, 0.5) is 4.39 Å². The van der Waals surface area contributed by atoms with E-state index in [0.29, 0.717) is 24.9 Å². The molecule has 0 atom stereocenters. The minimum absolute atomic E-state index is 0.242. The molecule has 3 rings (SSSR count). The number of aromatic nitrogens is 1. The summed E-state index contributed by atoms with van der Waals surface area (Å²) in [7, 11) is 1.69. The third-order valence-corrected chi connectivity index (χ3v) is 4.18. The normalized spacial score (nSPS) is 11.5. The van der Waals surface area contributed by atoms with Gasteiger partial charge < -0.3 is 15.1 Å². The summed E-state index contributed by atoms with van der Waals surface area (Å²) in [5.74, 6) is 1.02. The Labute approximate surface area is 143 Å². The van der Waals surface area contributed by atoms with Crippen molar-refractivity contribution in [1.29, 1.82) is 0 Å². The van der Waals surface area contributed by atoms with Crippen LogP contribution in [0.5, 0.6) is 0 Å². The molecular formula is C17H17FN4OS. The highest BCUT2D eigenvalue weighted by molar-refractivity contribution is 7.13. The van der Waals surface area contributed by atoms with E-state index in [4.69, 9.17) is 4.42 Å². The first-order valence-corrected chi connectivity index (χ1v) is 8.30. The fourth-order valence-electron chi connectivity index (χ4n) is 2.08. The van der Waals surface area contributed by atoms with Crippen LogP contribution in [0.2, 0.25) is 0 Å². The number of guanidine groups is 1. The fourth-order valence-corrected chi connectivity index (χ4v) is 2.74. The van der Waals surface area contributed by atoms with Gasteiger partial charge in [-0.3, -0.25) is 4.99 Å². The van der Waals surface area contributed by atoms with E-state index in [9.17, 15) is 4.39 Å². The largest absolute Gasteiger partial charge is 0.443 e. The monoisotopic (exact) mass is 344 g/mol. The minimum atomic E-state index is -0.242. The molecule has 0 fully saturated rings. The van der Waals surface area contributed by atoms with Gasteiger partial charge in [0.15, 0.2) is 5.96 Å². The molecule has 0 amide bonds. The molecule has 0 aliphatic heterocycles. The topological polar surface area (TPSA) is 62.5 Å². The minimum Gasteiger partial charge on any atom is -0.443 e. The highest BCUT2D eigenvalue weighted by Gasteiger charge is 2.08. The molecule has 24 heavy (non-hydrogen) atoms. The molecule has 5 nitrogen and oxygen atoms in total. The van der Waals surface area contributed by atoms with Gasteiger partial charge in [-0.15, -0.1) is 11.3 Å². The Morgan fingerprint density at radius 2 is 2.00 bits per heavy atom. The van der Waals surface area contributed by atoms with Crippen molar-refractivity contribution in [3.63, 3.8) is 0 Å². The zero-order valence-electron chi connectivity index (χ0n) is 13.1. The molecule has 0 bridgehead atoms. The standard InChI is InChI=1S/C17H17FN4OS/c1-19-17(20-9-12-4-6-13(18)7-5-12)21-10-14-11-23-16(22-14)15-3-2-8-24-15/h2-8,11H,9-10H2,1H3,(H2,19,20,21). The van der Waals surface area contributed by atoms with Crippen LogP contribution < -0.4 is 10.6 Å². The van der Waals surface area contributed by atoms with E-state index in [1.54, 1.807) is 36.8 Å². The fraction of sp³-hybridized carbons (Fsp3) is 0.176. The Morgan fingerprint density at radius 1 is 1.21 bits per heavy atom. The molecule has 0 saturated carbocycles. The lowest BCUT2D eigenvalue weighted by molar-refractivity contribution is 0.573. The van der Waals surface area contributed by atoms with Gasteiger partial charge in [0, 0.05) is 13.6 Å². The van der Waals surface area contributed by atoms with Gasteiger partial charge in [-0.1, -0.05) is 18.2 Å². The average Bonchev–Trinajstić information content (AvgIpc) is 3.28. The van der Waals surface area contributed by atoms with Gasteiger partial charge in [0.25, 0.3) is 0 Å². The Kier molecular flexibility index (Phi) is 5.22. The van der Waals surface area contributed by atoms with E-state index in [1.807, 2.05) is 17.5 Å². The summed E-state index contributed by atoms with van der Waals surface area (Å²) in [6, 6.07) is 10.3. The van der Waals surface area contributed by atoms with Crippen molar-refractivity contribution in [2.24, 2.45) is 4.99 Å². The molecule has 0 saturated heterocycles. The lowest BCUT2D eigenvalue weighted by Gasteiger charge is -2.10. The highest BCUT2D eigenvalue weighted by Crippen LogP contribution is 2.23. The Morgan fingerprint density at radius 3 is 2.71 bits per heavy atom. The van der Waals surface area contributed by atoms with Crippen LogP contribution in [-0.2, 0) is 13.1 Å². The number of nitrogens with zero attached hydrogens (tertiary/aromatic N) is 2. The molecular weight excluding hydrogens is 327 g/mol. The number of hydrogen-bond donors (Lipinski definition) is 2. The van der Waals surface area contributed by atoms with E-state index in [0.717, 1.165) is 16.1 Å². The van der Waals surface area contributed by atoms with E-state index in [2.05, 4.69) is 20.6 Å². The molecule has 7 heteroatoms. The van der Waals surface area contributed by atoms with Gasteiger partial charge in [-0.25, -0.2) is 9.37 Å². The zero-order chi connectivity index (χ0) is 16.8. The second-order valence-electron chi connectivity index (χ2n) is 5.03. The number of benzene rings is 1. The van der Waals surface area contributed by atoms with E-state index >= 15 is 0 Å². The van der Waals surface area contributed by atoms with E-state index in [-0.39, 0.29) is 5.82 Å². The first-order valence-electron chi connectivity index (χ1n) is 7.42. The summed E-state index contributed by atoms with van der Waals surface area (Å²) < 4.78 is 18.4. The maximum absolute atomic E-state index is 12.9. The van der Waals surface area contributed by atoms with E-state index in [1.165, 1.54) is 12.1 Å². The number of halogens is 1. The van der Waals surface area contributed by atoms with E-state index < -0.39 is 0 Å². The van der Waals surface area contributed by atoms with Crippen molar-refractivity contribution in [2.45, 2.75) is 13.1 Å². The Hall–Kier alpha value is -2.67. The molecule has 0 unspecified atom stereocenters. The molecule has 1 aromatic carbocycles. The van der Waals surface area contributed by atoms with Crippen LogP contribution in [-0.4, -0.2) is 18.0 Å². The van der Waals surface area contributed by atoms with Gasteiger partial charge >= 0.3 is 0 Å². The molecule has 3 aromatic rings. The van der Waals surface area contributed by atoms with Crippen molar-refractivity contribution in [1.82, 2.24) is 15.6 Å². The number of rotatable bonds is 5. The lowest BCUT2D eigenvalue weighted by atomic mass is 10.2. The summed E-state index contributed by atoms with van der Waals surface area (Å²) in [5.41, 5.74) is 1.77. The second kappa shape index (κ2) is 7.74. The molecule has 2 aromatic heterocycles. The summed E-state index contributed by atoms with van der Waals surface area (Å²) in [4.78, 5) is 9.60. The van der Waals surface area contributed by atoms with Gasteiger partial charge in [0.2, 0.25) is 5.89 Å². The number of aliphatic imine (C=N–C) groups is 1. The van der Waals surface area contributed by atoms with Crippen molar-refractivity contribution in [2.75, 3.05) is 7.05 Å². The van der Waals surface area contributed by atoms with Gasteiger partial charge in [0.05, 0.1) is 17.1 Å². The first-order chi connectivity index (χ1) is 11.7. The zero-order valence-corrected chi connectivity index (χ0v) is 13.9. The van der Waals surface area contributed by atoms with Crippen molar-refractivity contribution >= 4 is 17.3 Å². The average molecular weight is 344 g/mol. The van der Waals surface area contributed by atoms with Crippen LogP contribution in [0.25, 0.3) is 10.8 Å². The number of nitrogens with one attached hydrogen (secondary N) is 2. The maximum atomic E-state index is 12.9. The molecule has 124 valence electrons. The summed E-state index contributed by atoms with van der Waals surface area (Å²) >= 11 is 1.59. The third-order valence-electron chi connectivity index (χ3n) is 3.32. The van der Waals surface area contributed by atoms with Crippen LogP contribution in [0.3, 0.4) is 0 Å². The first kappa shape index (κ1) is 16.2. The number of oxazole rings is 1. The van der Waals surface area contributed by atoms with Crippen molar-refractivity contribution in [3.05, 3.63) is 65.1 Å². The molecule has 0 radical (unpaired) electrons. The number of thiophene rings is 1. The predicted octanol–water partition coefficient (Wildman–Crippen LogP) is 3.41. The maximum Gasteiger partial charge on any atom is 0.236 e. The Balaban J connectivity index is 1.52. The molecule has 0 spiro atoms. The molecule has 2 heterocycles. The van der Waals surface area contributed by atoms with Gasteiger partial charge in [-0.2, -0.15) is 0 Å². The second-order valence-corrected chi connectivity index (χ2v) is 5.97. The van der Waals surface area contributed by atoms with Crippen LogP contribution in [0, 0.1) is 5.82 Å². The van der Waals surface area contributed by atoms with Crippen LogP contribution in [0.15, 0.2) is 57.5 Å².